The van der Waals surface area contributed by atoms with Gasteiger partial charge in [-0.2, -0.15) is 0 Å². The number of ketones is 1. The normalized spacial score (nSPS) is 10.5. The third-order valence-corrected chi connectivity index (χ3v) is 3.54. The van der Waals surface area contributed by atoms with Gasteiger partial charge >= 0.3 is 0 Å². The highest BCUT2D eigenvalue weighted by Gasteiger charge is 2.18. The molecule has 110 valence electrons. The van der Waals surface area contributed by atoms with Crippen molar-refractivity contribution in [1.29, 1.82) is 0 Å². The van der Waals surface area contributed by atoms with Crippen LogP contribution in [0.25, 0.3) is 10.9 Å². The maximum Gasteiger partial charge on any atom is 0.197 e. The lowest BCUT2D eigenvalue weighted by atomic mass is 9.99. The molecule has 4 nitrogen and oxygen atoms in total. The van der Waals surface area contributed by atoms with E-state index in [0.717, 1.165) is 10.9 Å². The van der Waals surface area contributed by atoms with Gasteiger partial charge in [0.1, 0.15) is 11.5 Å². The molecule has 0 fully saturated rings. The summed E-state index contributed by atoms with van der Waals surface area (Å²) in [5.74, 6) is 1.02. The molecule has 0 unspecified atom stereocenters. The summed E-state index contributed by atoms with van der Waals surface area (Å²) < 4.78 is 10.5. The van der Waals surface area contributed by atoms with Crippen molar-refractivity contribution in [2.24, 2.45) is 0 Å². The Labute approximate surface area is 128 Å². The van der Waals surface area contributed by atoms with Crippen molar-refractivity contribution < 1.29 is 14.3 Å². The van der Waals surface area contributed by atoms with Crippen molar-refractivity contribution >= 4 is 16.7 Å². The zero-order valence-corrected chi connectivity index (χ0v) is 12.4. The molecule has 22 heavy (non-hydrogen) atoms. The van der Waals surface area contributed by atoms with Crippen LogP contribution in [0.15, 0.2) is 54.7 Å². The summed E-state index contributed by atoms with van der Waals surface area (Å²) in [6.45, 7) is 0. The van der Waals surface area contributed by atoms with E-state index in [1.54, 1.807) is 44.7 Å². The Morgan fingerprint density at radius 1 is 0.955 bits per heavy atom. The molecular formula is C18H15NO3. The average Bonchev–Trinajstić information content (AvgIpc) is 2.60. The lowest BCUT2D eigenvalue weighted by molar-refractivity contribution is 0.103. The van der Waals surface area contributed by atoms with Gasteiger partial charge in [0.15, 0.2) is 5.78 Å². The van der Waals surface area contributed by atoms with Crippen molar-refractivity contribution in [1.82, 2.24) is 4.98 Å². The molecule has 0 spiro atoms. The number of benzene rings is 2. The maximum atomic E-state index is 12.9. The molecule has 0 radical (unpaired) electrons. The monoisotopic (exact) mass is 293 g/mol. The van der Waals surface area contributed by atoms with E-state index in [1.807, 2.05) is 24.3 Å². The van der Waals surface area contributed by atoms with E-state index in [4.69, 9.17) is 9.47 Å². The lowest BCUT2D eigenvalue weighted by Gasteiger charge is -2.11. The smallest absolute Gasteiger partial charge is 0.197 e. The van der Waals surface area contributed by atoms with Gasteiger partial charge in [0, 0.05) is 17.1 Å². The molecule has 3 aromatic rings. The van der Waals surface area contributed by atoms with Crippen LogP contribution in [0, 0.1) is 0 Å². The molecule has 0 saturated heterocycles. The van der Waals surface area contributed by atoms with E-state index >= 15 is 0 Å². The quantitative estimate of drug-likeness (QED) is 0.691. The number of pyridine rings is 1. The molecule has 0 aliphatic rings. The van der Waals surface area contributed by atoms with Crippen molar-refractivity contribution in [3.05, 3.63) is 65.9 Å². The highest BCUT2D eigenvalue weighted by Crippen LogP contribution is 2.28. The second-order valence-electron chi connectivity index (χ2n) is 4.77. The van der Waals surface area contributed by atoms with E-state index in [-0.39, 0.29) is 5.78 Å². The van der Waals surface area contributed by atoms with E-state index < -0.39 is 0 Å². The number of nitrogens with zero attached hydrogens (tertiary/aromatic N) is 1. The van der Waals surface area contributed by atoms with Crippen LogP contribution in [0.2, 0.25) is 0 Å². The Hall–Kier alpha value is -2.88. The Bertz CT molecular complexity index is 837. The number of carbonyl (C=O) groups excluding carboxylic acids is 1. The van der Waals surface area contributed by atoms with Gasteiger partial charge in [0.05, 0.1) is 25.3 Å². The molecule has 1 aromatic heterocycles. The van der Waals surface area contributed by atoms with Crippen LogP contribution in [0.3, 0.4) is 0 Å². The number of hydrogen-bond donors (Lipinski definition) is 0. The Morgan fingerprint density at radius 2 is 1.77 bits per heavy atom. The Morgan fingerprint density at radius 3 is 2.55 bits per heavy atom. The first-order valence-electron chi connectivity index (χ1n) is 6.85. The molecule has 0 amide bonds. The first kappa shape index (κ1) is 14.1. The Kier molecular flexibility index (Phi) is 3.74. The van der Waals surface area contributed by atoms with Crippen LogP contribution in [-0.4, -0.2) is 25.0 Å². The predicted molar refractivity (Wildman–Crippen MR) is 84.7 cm³/mol. The molecule has 0 aliphatic carbocycles. The number of aromatic nitrogens is 1. The summed E-state index contributed by atoms with van der Waals surface area (Å²) in [6, 6.07) is 14.5. The largest absolute Gasteiger partial charge is 0.497 e. The molecule has 0 bridgehead atoms. The lowest BCUT2D eigenvalue weighted by Crippen LogP contribution is -2.05. The van der Waals surface area contributed by atoms with Crippen molar-refractivity contribution in [3.8, 4) is 11.5 Å². The number of para-hydroxylation sites is 1. The first-order chi connectivity index (χ1) is 10.7. The summed E-state index contributed by atoms with van der Waals surface area (Å²) in [5, 5.41) is 0.819. The fraction of sp³-hybridized carbons (Fsp3) is 0.111. The van der Waals surface area contributed by atoms with Gasteiger partial charge < -0.3 is 9.47 Å². The topological polar surface area (TPSA) is 48.4 Å². The van der Waals surface area contributed by atoms with Crippen LogP contribution in [0.5, 0.6) is 11.5 Å². The van der Waals surface area contributed by atoms with E-state index in [2.05, 4.69) is 4.98 Å². The second-order valence-corrected chi connectivity index (χ2v) is 4.77. The zero-order valence-electron chi connectivity index (χ0n) is 12.4. The van der Waals surface area contributed by atoms with Crippen LogP contribution in [-0.2, 0) is 0 Å². The molecule has 2 aromatic carbocycles. The summed E-state index contributed by atoms with van der Waals surface area (Å²) in [4.78, 5) is 17.2. The van der Waals surface area contributed by atoms with Crippen LogP contribution >= 0.6 is 0 Å². The minimum Gasteiger partial charge on any atom is -0.497 e. The number of rotatable bonds is 4. The third kappa shape index (κ3) is 2.39. The number of ether oxygens (including phenoxy) is 2. The molecule has 4 heteroatoms. The molecule has 3 rings (SSSR count). The fourth-order valence-corrected chi connectivity index (χ4v) is 2.43. The third-order valence-electron chi connectivity index (χ3n) is 3.54. The average molecular weight is 293 g/mol. The number of fused-ring (bicyclic) bond motifs is 1. The number of methoxy groups -OCH3 is 2. The summed E-state index contributed by atoms with van der Waals surface area (Å²) in [5.41, 5.74) is 1.85. The minimum absolute atomic E-state index is 0.116. The van der Waals surface area contributed by atoms with Gasteiger partial charge in [-0.25, -0.2) is 0 Å². The Balaban J connectivity index is 2.18. The predicted octanol–water partition coefficient (Wildman–Crippen LogP) is 3.48. The highest BCUT2D eigenvalue weighted by atomic mass is 16.5. The van der Waals surface area contributed by atoms with Crippen LogP contribution in [0.4, 0.5) is 0 Å². The van der Waals surface area contributed by atoms with Crippen LogP contribution in [0.1, 0.15) is 15.9 Å². The van der Waals surface area contributed by atoms with Gasteiger partial charge in [-0.05, 0) is 30.3 Å². The minimum atomic E-state index is -0.116. The van der Waals surface area contributed by atoms with Gasteiger partial charge in [0.25, 0.3) is 0 Å². The van der Waals surface area contributed by atoms with E-state index in [1.165, 1.54) is 0 Å². The van der Waals surface area contributed by atoms with Gasteiger partial charge in [-0.15, -0.1) is 0 Å². The van der Waals surface area contributed by atoms with Crippen molar-refractivity contribution in [3.63, 3.8) is 0 Å². The molecule has 0 saturated carbocycles. The molecular weight excluding hydrogens is 278 g/mol. The van der Waals surface area contributed by atoms with Crippen molar-refractivity contribution in [2.45, 2.75) is 0 Å². The molecule has 0 N–H and O–H groups in total. The molecule has 1 heterocycles. The second kappa shape index (κ2) is 5.85. The SMILES string of the molecule is COc1ccc(OC)c(C(=O)c2ccnc3ccccc23)c1. The molecule has 0 atom stereocenters. The standard InChI is InChI=1S/C18H15NO3/c1-21-12-7-8-17(22-2)15(11-12)18(20)14-9-10-19-16-6-4-3-5-13(14)16/h3-11H,1-2H3. The van der Waals surface area contributed by atoms with Gasteiger partial charge in [-0.1, -0.05) is 18.2 Å². The first-order valence-corrected chi connectivity index (χ1v) is 6.85. The maximum absolute atomic E-state index is 12.9. The highest BCUT2D eigenvalue weighted by molar-refractivity contribution is 6.17. The van der Waals surface area contributed by atoms with Gasteiger partial charge in [0.2, 0.25) is 0 Å². The van der Waals surface area contributed by atoms with E-state index in [0.29, 0.717) is 22.6 Å². The van der Waals surface area contributed by atoms with E-state index in [9.17, 15) is 4.79 Å². The zero-order chi connectivity index (χ0) is 15.5. The van der Waals surface area contributed by atoms with Gasteiger partial charge in [-0.3, -0.25) is 9.78 Å². The number of hydrogen-bond acceptors (Lipinski definition) is 4. The summed E-state index contributed by atoms with van der Waals surface area (Å²) >= 11 is 0. The summed E-state index contributed by atoms with van der Waals surface area (Å²) in [6.07, 6.45) is 1.64. The van der Waals surface area contributed by atoms with Crippen LogP contribution < -0.4 is 9.47 Å². The fourth-order valence-electron chi connectivity index (χ4n) is 2.43. The van der Waals surface area contributed by atoms with Crippen molar-refractivity contribution in [2.75, 3.05) is 14.2 Å². The number of carbonyl (C=O) groups is 1. The molecule has 0 aliphatic heterocycles. The summed E-state index contributed by atoms with van der Waals surface area (Å²) in [7, 11) is 3.11.